The zero-order chi connectivity index (χ0) is 9.97. The molecular formula is C11H20N2O. The molecule has 2 fully saturated rings. The number of amides is 2. The van der Waals surface area contributed by atoms with Gasteiger partial charge in [-0.25, -0.2) is 4.79 Å². The molecule has 1 heterocycles. The molecule has 14 heavy (non-hydrogen) atoms. The summed E-state index contributed by atoms with van der Waals surface area (Å²) in [5.41, 5.74) is 0. The van der Waals surface area contributed by atoms with Crippen LogP contribution in [0.2, 0.25) is 0 Å². The van der Waals surface area contributed by atoms with E-state index in [2.05, 4.69) is 12.2 Å². The lowest BCUT2D eigenvalue weighted by molar-refractivity contribution is 0.206. The van der Waals surface area contributed by atoms with E-state index < -0.39 is 0 Å². The summed E-state index contributed by atoms with van der Waals surface area (Å²) in [6.45, 7) is 4.16. The van der Waals surface area contributed by atoms with Crippen molar-refractivity contribution < 1.29 is 4.79 Å². The Labute approximate surface area is 85.8 Å². The summed E-state index contributed by atoms with van der Waals surface area (Å²) in [5, 5.41) is 3.05. The van der Waals surface area contributed by atoms with Crippen LogP contribution >= 0.6 is 0 Å². The second kappa shape index (κ2) is 4.20. The molecular weight excluding hydrogens is 176 g/mol. The summed E-state index contributed by atoms with van der Waals surface area (Å²) in [5.74, 6) is 0.755. The van der Waals surface area contributed by atoms with Crippen LogP contribution in [0.15, 0.2) is 0 Å². The predicted octanol–water partition coefficient (Wildman–Crippen LogP) is 1.98. The molecule has 0 aromatic rings. The van der Waals surface area contributed by atoms with Gasteiger partial charge in [-0.05, 0) is 31.6 Å². The maximum Gasteiger partial charge on any atom is 0.317 e. The first-order valence-corrected chi connectivity index (χ1v) is 5.85. The summed E-state index contributed by atoms with van der Waals surface area (Å²) < 4.78 is 0. The average Bonchev–Trinajstić information content (AvgIpc) is 2.83. The van der Waals surface area contributed by atoms with Crippen molar-refractivity contribution in [1.82, 2.24) is 10.2 Å². The van der Waals surface area contributed by atoms with Crippen molar-refractivity contribution in [3.63, 3.8) is 0 Å². The number of likely N-dealkylation sites (tertiary alicyclic amines) is 1. The Balaban J connectivity index is 1.73. The molecule has 0 bridgehead atoms. The average molecular weight is 196 g/mol. The molecule has 1 saturated heterocycles. The van der Waals surface area contributed by atoms with E-state index in [1.165, 1.54) is 32.1 Å². The van der Waals surface area contributed by atoms with Gasteiger partial charge in [0.1, 0.15) is 0 Å². The zero-order valence-corrected chi connectivity index (χ0v) is 8.96. The molecule has 1 saturated carbocycles. The SMILES string of the molecule is CCCC1CCN(C(=O)NC2CC2)C1. The number of hydrogen-bond donors (Lipinski definition) is 1. The molecule has 80 valence electrons. The molecule has 2 rings (SSSR count). The van der Waals surface area contributed by atoms with E-state index in [1.54, 1.807) is 0 Å². The van der Waals surface area contributed by atoms with Gasteiger partial charge in [0.15, 0.2) is 0 Å². The van der Waals surface area contributed by atoms with E-state index in [1.807, 2.05) is 4.90 Å². The van der Waals surface area contributed by atoms with Crippen LogP contribution in [0, 0.1) is 5.92 Å². The van der Waals surface area contributed by atoms with Crippen molar-refractivity contribution in [1.29, 1.82) is 0 Å². The van der Waals surface area contributed by atoms with E-state index in [4.69, 9.17) is 0 Å². The molecule has 0 radical (unpaired) electrons. The summed E-state index contributed by atoms with van der Waals surface area (Å²) in [6.07, 6.45) is 6.07. The lowest BCUT2D eigenvalue weighted by Crippen LogP contribution is -2.39. The molecule has 3 nitrogen and oxygen atoms in total. The number of nitrogens with one attached hydrogen (secondary N) is 1. The number of rotatable bonds is 3. The topological polar surface area (TPSA) is 32.3 Å². The number of nitrogens with zero attached hydrogens (tertiary/aromatic N) is 1. The van der Waals surface area contributed by atoms with E-state index in [9.17, 15) is 4.79 Å². The minimum absolute atomic E-state index is 0.172. The van der Waals surface area contributed by atoms with Gasteiger partial charge in [-0.2, -0.15) is 0 Å². The van der Waals surface area contributed by atoms with Crippen molar-refractivity contribution in [3.05, 3.63) is 0 Å². The van der Waals surface area contributed by atoms with Gasteiger partial charge in [0.2, 0.25) is 0 Å². The Hall–Kier alpha value is -0.730. The van der Waals surface area contributed by atoms with E-state index in [-0.39, 0.29) is 6.03 Å². The van der Waals surface area contributed by atoms with Crippen molar-refractivity contribution in [2.45, 2.75) is 45.1 Å². The quantitative estimate of drug-likeness (QED) is 0.735. The fraction of sp³-hybridized carbons (Fsp3) is 0.909. The molecule has 2 aliphatic rings. The van der Waals surface area contributed by atoms with Crippen molar-refractivity contribution >= 4 is 6.03 Å². The first-order chi connectivity index (χ1) is 6.79. The molecule has 1 aliphatic heterocycles. The monoisotopic (exact) mass is 196 g/mol. The van der Waals surface area contributed by atoms with Crippen LogP contribution in [0.25, 0.3) is 0 Å². The second-order valence-corrected chi connectivity index (χ2v) is 4.61. The lowest BCUT2D eigenvalue weighted by Gasteiger charge is -2.16. The smallest absolute Gasteiger partial charge is 0.317 e. The zero-order valence-electron chi connectivity index (χ0n) is 8.96. The van der Waals surface area contributed by atoms with Crippen molar-refractivity contribution in [2.75, 3.05) is 13.1 Å². The Morgan fingerprint density at radius 1 is 1.43 bits per heavy atom. The highest BCUT2D eigenvalue weighted by atomic mass is 16.2. The van der Waals surface area contributed by atoms with Crippen molar-refractivity contribution in [2.24, 2.45) is 5.92 Å². The number of hydrogen-bond acceptors (Lipinski definition) is 1. The van der Waals surface area contributed by atoms with E-state index in [0.29, 0.717) is 6.04 Å². The van der Waals surface area contributed by atoms with E-state index >= 15 is 0 Å². The molecule has 1 aliphatic carbocycles. The van der Waals surface area contributed by atoms with Crippen LogP contribution in [0.5, 0.6) is 0 Å². The summed E-state index contributed by atoms with van der Waals surface area (Å²) in [4.78, 5) is 13.6. The maximum absolute atomic E-state index is 11.7. The number of carbonyl (C=O) groups excluding carboxylic acids is 1. The Morgan fingerprint density at radius 2 is 2.21 bits per heavy atom. The Bertz CT molecular complexity index is 213. The Morgan fingerprint density at radius 3 is 2.86 bits per heavy atom. The first kappa shape index (κ1) is 9.81. The van der Waals surface area contributed by atoms with Gasteiger partial charge in [0.25, 0.3) is 0 Å². The van der Waals surface area contributed by atoms with Gasteiger partial charge < -0.3 is 10.2 Å². The highest BCUT2D eigenvalue weighted by molar-refractivity contribution is 5.75. The minimum atomic E-state index is 0.172. The largest absolute Gasteiger partial charge is 0.335 e. The highest BCUT2D eigenvalue weighted by Crippen LogP contribution is 2.23. The predicted molar refractivity (Wildman–Crippen MR) is 56.1 cm³/mol. The van der Waals surface area contributed by atoms with Crippen LogP contribution in [0.4, 0.5) is 4.79 Å². The van der Waals surface area contributed by atoms with Gasteiger partial charge in [-0.15, -0.1) is 0 Å². The molecule has 3 heteroatoms. The maximum atomic E-state index is 11.7. The Kier molecular flexibility index (Phi) is 2.94. The van der Waals surface area contributed by atoms with Crippen LogP contribution in [-0.4, -0.2) is 30.1 Å². The fourth-order valence-corrected chi connectivity index (χ4v) is 2.15. The molecule has 0 aromatic carbocycles. The molecule has 1 N–H and O–H groups in total. The first-order valence-electron chi connectivity index (χ1n) is 5.85. The normalized spacial score (nSPS) is 26.6. The summed E-state index contributed by atoms with van der Waals surface area (Å²) >= 11 is 0. The number of urea groups is 1. The molecule has 0 spiro atoms. The van der Waals surface area contributed by atoms with E-state index in [0.717, 1.165) is 19.0 Å². The van der Waals surface area contributed by atoms with Gasteiger partial charge in [-0.1, -0.05) is 13.3 Å². The molecule has 0 aromatic heterocycles. The van der Waals surface area contributed by atoms with Gasteiger partial charge in [-0.3, -0.25) is 0 Å². The second-order valence-electron chi connectivity index (χ2n) is 4.61. The highest BCUT2D eigenvalue weighted by Gasteiger charge is 2.29. The fourth-order valence-electron chi connectivity index (χ4n) is 2.15. The third-order valence-corrected chi connectivity index (χ3v) is 3.17. The van der Waals surface area contributed by atoms with Gasteiger partial charge in [0, 0.05) is 19.1 Å². The standard InChI is InChI=1S/C11H20N2O/c1-2-3-9-6-7-13(8-9)11(14)12-10-4-5-10/h9-10H,2-8H2,1H3,(H,12,14). The molecule has 1 unspecified atom stereocenters. The van der Waals surface area contributed by atoms with Crippen LogP contribution in [0.1, 0.15) is 39.0 Å². The summed E-state index contributed by atoms with van der Waals surface area (Å²) in [6, 6.07) is 0.666. The molecule has 2 amide bonds. The minimum Gasteiger partial charge on any atom is -0.335 e. The number of carbonyl (C=O) groups is 1. The summed E-state index contributed by atoms with van der Waals surface area (Å²) in [7, 11) is 0. The lowest BCUT2D eigenvalue weighted by atomic mass is 10.0. The van der Waals surface area contributed by atoms with Crippen LogP contribution in [-0.2, 0) is 0 Å². The third kappa shape index (κ3) is 2.40. The van der Waals surface area contributed by atoms with Crippen LogP contribution < -0.4 is 5.32 Å². The third-order valence-electron chi connectivity index (χ3n) is 3.17. The van der Waals surface area contributed by atoms with Crippen molar-refractivity contribution in [3.8, 4) is 0 Å². The van der Waals surface area contributed by atoms with Crippen LogP contribution in [0.3, 0.4) is 0 Å². The van der Waals surface area contributed by atoms with Gasteiger partial charge in [0.05, 0.1) is 0 Å². The van der Waals surface area contributed by atoms with Gasteiger partial charge >= 0.3 is 6.03 Å². The molecule has 1 atom stereocenters.